The molecule has 0 saturated carbocycles. The van der Waals surface area contributed by atoms with Crippen LogP contribution in [0.1, 0.15) is 36.5 Å². The number of hydrogen-bond donors (Lipinski definition) is 2. The molecule has 0 aromatic carbocycles. The SMILES string of the molecule is CC(C)CC(N)C(=O)O.O=C(c1ccccn1)c1ccccn1. The number of nitrogens with zero attached hydrogens (tertiary/aromatic N) is 2. The van der Waals surface area contributed by atoms with Gasteiger partial charge in [-0.15, -0.1) is 0 Å². The Morgan fingerprint density at radius 2 is 1.52 bits per heavy atom. The van der Waals surface area contributed by atoms with E-state index in [4.69, 9.17) is 10.8 Å². The number of carbonyl (C=O) groups excluding carboxylic acids is 1. The van der Waals surface area contributed by atoms with E-state index < -0.39 is 12.0 Å². The zero-order chi connectivity index (χ0) is 17.2. The molecule has 6 heteroatoms. The average molecular weight is 315 g/mol. The van der Waals surface area contributed by atoms with Crippen molar-refractivity contribution in [1.82, 2.24) is 9.97 Å². The minimum absolute atomic E-state index is 0.147. The third kappa shape index (κ3) is 6.80. The molecular weight excluding hydrogens is 294 g/mol. The van der Waals surface area contributed by atoms with E-state index >= 15 is 0 Å². The van der Waals surface area contributed by atoms with Gasteiger partial charge in [0.15, 0.2) is 0 Å². The molecule has 23 heavy (non-hydrogen) atoms. The largest absolute Gasteiger partial charge is 0.480 e. The van der Waals surface area contributed by atoms with E-state index in [2.05, 4.69) is 9.97 Å². The van der Waals surface area contributed by atoms with Crippen LogP contribution in [0.25, 0.3) is 0 Å². The summed E-state index contributed by atoms with van der Waals surface area (Å²) in [5.74, 6) is -0.703. The minimum Gasteiger partial charge on any atom is -0.480 e. The summed E-state index contributed by atoms with van der Waals surface area (Å²) in [6.45, 7) is 3.89. The highest BCUT2D eigenvalue weighted by atomic mass is 16.4. The molecule has 6 nitrogen and oxygen atoms in total. The van der Waals surface area contributed by atoms with Gasteiger partial charge in [0, 0.05) is 12.4 Å². The van der Waals surface area contributed by atoms with Crippen molar-refractivity contribution < 1.29 is 14.7 Å². The lowest BCUT2D eigenvalue weighted by Gasteiger charge is -2.07. The Morgan fingerprint density at radius 3 is 1.78 bits per heavy atom. The number of hydrogen-bond acceptors (Lipinski definition) is 5. The van der Waals surface area contributed by atoms with Crippen LogP contribution in [0.4, 0.5) is 0 Å². The highest BCUT2D eigenvalue weighted by molar-refractivity contribution is 6.06. The van der Waals surface area contributed by atoms with Crippen LogP contribution in [0.3, 0.4) is 0 Å². The Bertz CT molecular complexity index is 574. The number of carboxylic acid groups (broad SMARTS) is 1. The first-order valence-corrected chi connectivity index (χ1v) is 7.27. The molecule has 2 rings (SSSR count). The molecule has 0 bridgehead atoms. The molecule has 1 unspecified atom stereocenters. The number of pyridine rings is 2. The van der Waals surface area contributed by atoms with Crippen LogP contribution in [-0.2, 0) is 4.79 Å². The monoisotopic (exact) mass is 315 g/mol. The predicted octanol–water partition coefficient (Wildman–Crippen LogP) is 2.15. The van der Waals surface area contributed by atoms with Crippen LogP contribution in [-0.4, -0.2) is 32.9 Å². The molecule has 0 saturated heterocycles. The highest BCUT2D eigenvalue weighted by Gasteiger charge is 2.12. The topological polar surface area (TPSA) is 106 Å². The Hall–Kier alpha value is -2.60. The van der Waals surface area contributed by atoms with Gasteiger partial charge in [0.05, 0.1) is 0 Å². The average Bonchev–Trinajstić information content (AvgIpc) is 2.55. The first-order chi connectivity index (χ1) is 10.9. The number of aromatic nitrogens is 2. The van der Waals surface area contributed by atoms with E-state index in [0.717, 1.165) is 0 Å². The Labute approximate surface area is 135 Å². The minimum atomic E-state index is -0.913. The fourth-order valence-electron chi connectivity index (χ4n) is 1.73. The molecule has 0 radical (unpaired) electrons. The van der Waals surface area contributed by atoms with Gasteiger partial charge < -0.3 is 10.8 Å². The van der Waals surface area contributed by atoms with Crippen LogP contribution in [0.15, 0.2) is 48.8 Å². The summed E-state index contributed by atoms with van der Waals surface area (Å²) < 4.78 is 0. The number of nitrogens with two attached hydrogens (primary N) is 1. The molecule has 1 atom stereocenters. The van der Waals surface area contributed by atoms with Gasteiger partial charge in [-0.25, -0.2) is 0 Å². The van der Waals surface area contributed by atoms with Crippen molar-refractivity contribution >= 4 is 11.8 Å². The molecule has 0 spiro atoms. The van der Waals surface area contributed by atoms with E-state index in [1.165, 1.54) is 0 Å². The van der Waals surface area contributed by atoms with E-state index in [1.54, 1.807) is 48.8 Å². The lowest BCUT2D eigenvalue weighted by Crippen LogP contribution is -2.31. The third-order valence-electron chi connectivity index (χ3n) is 2.84. The number of carbonyl (C=O) groups is 2. The molecule has 3 N–H and O–H groups in total. The normalized spacial score (nSPS) is 11.3. The Balaban J connectivity index is 0.000000257. The quantitative estimate of drug-likeness (QED) is 0.819. The first kappa shape index (κ1) is 18.4. The summed E-state index contributed by atoms with van der Waals surface area (Å²) in [6.07, 6.45) is 3.74. The fraction of sp³-hybridized carbons (Fsp3) is 0.294. The molecule has 0 aliphatic carbocycles. The number of carboxylic acids is 1. The second-order valence-electron chi connectivity index (χ2n) is 5.33. The van der Waals surface area contributed by atoms with E-state index in [9.17, 15) is 9.59 Å². The van der Waals surface area contributed by atoms with E-state index in [0.29, 0.717) is 23.7 Å². The summed E-state index contributed by atoms with van der Waals surface area (Å²) in [6, 6.07) is 9.77. The van der Waals surface area contributed by atoms with Gasteiger partial charge in [0.1, 0.15) is 17.4 Å². The van der Waals surface area contributed by atoms with E-state index in [-0.39, 0.29) is 5.78 Å². The maximum atomic E-state index is 11.7. The zero-order valence-corrected chi connectivity index (χ0v) is 13.2. The zero-order valence-electron chi connectivity index (χ0n) is 13.2. The van der Waals surface area contributed by atoms with Crippen molar-refractivity contribution in [2.24, 2.45) is 11.7 Å². The van der Waals surface area contributed by atoms with Crippen LogP contribution in [0, 0.1) is 5.92 Å². The lowest BCUT2D eigenvalue weighted by molar-refractivity contribution is -0.138. The standard InChI is InChI=1S/C11H8N2O.C6H13NO2/c14-11(9-5-1-3-7-12-9)10-6-2-4-8-13-10;1-4(2)3-5(7)6(8)9/h1-8H;4-5H,3,7H2,1-2H3,(H,8,9). The second kappa shape index (κ2) is 9.42. The van der Waals surface area contributed by atoms with Gasteiger partial charge in [-0.3, -0.25) is 19.6 Å². The van der Waals surface area contributed by atoms with Crippen molar-refractivity contribution in [3.8, 4) is 0 Å². The highest BCUT2D eigenvalue weighted by Crippen LogP contribution is 2.03. The van der Waals surface area contributed by atoms with Crippen molar-refractivity contribution in [3.05, 3.63) is 60.2 Å². The molecule has 0 amide bonds. The first-order valence-electron chi connectivity index (χ1n) is 7.27. The summed E-state index contributed by atoms with van der Waals surface area (Å²) in [7, 11) is 0. The maximum absolute atomic E-state index is 11.7. The summed E-state index contributed by atoms with van der Waals surface area (Å²) >= 11 is 0. The molecule has 0 aliphatic rings. The smallest absolute Gasteiger partial charge is 0.320 e. The molecule has 0 aliphatic heterocycles. The van der Waals surface area contributed by atoms with Gasteiger partial charge in [0.2, 0.25) is 5.78 Å². The van der Waals surface area contributed by atoms with Gasteiger partial charge in [-0.2, -0.15) is 0 Å². The lowest BCUT2D eigenvalue weighted by atomic mass is 10.1. The van der Waals surface area contributed by atoms with Crippen LogP contribution in [0.2, 0.25) is 0 Å². The van der Waals surface area contributed by atoms with Gasteiger partial charge in [0.25, 0.3) is 0 Å². The van der Waals surface area contributed by atoms with Crippen molar-refractivity contribution in [3.63, 3.8) is 0 Å². The summed E-state index contributed by atoms with van der Waals surface area (Å²) in [5, 5.41) is 8.31. The van der Waals surface area contributed by atoms with Crippen molar-refractivity contribution in [2.45, 2.75) is 26.3 Å². The molecule has 2 heterocycles. The molecule has 2 aromatic rings. The maximum Gasteiger partial charge on any atom is 0.320 e. The number of aliphatic carboxylic acids is 1. The molecule has 0 fully saturated rings. The Kier molecular flexibility index (Phi) is 7.56. The molecule has 2 aromatic heterocycles. The molecule has 122 valence electrons. The predicted molar refractivity (Wildman–Crippen MR) is 87.0 cm³/mol. The van der Waals surface area contributed by atoms with Crippen LogP contribution >= 0.6 is 0 Å². The number of rotatable bonds is 5. The summed E-state index contributed by atoms with van der Waals surface area (Å²) in [5.41, 5.74) is 6.06. The van der Waals surface area contributed by atoms with Gasteiger partial charge >= 0.3 is 5.97 Å². The molecular formula is C17H21N3O3. The third-order valence-corrected chi connectivity index (χ3v) is 2.84. The fourth-order valence-corrected chi connectivity index (χ4v) is 1.73. The summed E-state index contributed by atoms with van der Waals surface area (Å²) in [4.78, 5) is 29.8. The second-order valence-corrected chi connectivity index (χ2v) is 5.33. The number of ketones is 1. The van der Waals surface area contributed by atoms with Gasteiger partial charge in [-0.1, -0.05) is 26.0 Å². The van der Waals surface area contributed by atoms with Crippen LogP contribution < -0.4 is 5.73 Å². The van der Waals surface area contributed by atoms with Crippen LogP contribution in [0.5, 0.6) is 0 Å². The van der Waals surface area contributed by atoms with Crippen molar-refractivity contribution in [2.75, 3.05) is 0 Å². The van der Waals surface area contributed by atoms with Gasteiger partial charge in [-0.05, 0) is 36.6 Å². The Morgan fingerprint density at radius 1 is 1.04 bits per heavy atom. The van der Waals surface area contributed by atoms with Crippen molar-refractivity contribution in [1.29, 1.82) is 0 Å². The van der Waals surface area contributed by atoms with E-state index in [1.807, 2.05) is 13.8 Å².